The number of aromatic nitrogens is 3. The SMILES string of the molecule is CCCCNC(=O)c1cc(OCCCS(=O)(=O)O)c(OCCCC)c(OCCCS(=O)(=O)O)c1.CCCCOc1cc(C(=O)CCCC[N+]2=CC(CCCCOc3cc(OCCCCc4cn(CCCNC(=O)c5cc(OCCCS(=O)(=O)O)c(OCCCS(=O)(=O)O)c(OCCCS(=O)(=O)O)c5)nn4)cc(C(=O)CCCC)c3)N=N2)cc(OCCCS(=O)(=O)O)c1OCCCS(=O)(=O)O. The first-order valence-electron chi connectivity index (χ1n) is 44.6. The number of hydrogen-bond donors (Lipinski definition) is 9. The average Bonchev–Trinajstić information content (AvgIpc) is 1.47. The predicted molar refractivity (Wildman–Crippen MR) is 496 cm³/mol. The van der Waals surface area contributed by atoms with Crippen LogP contribution in [0.1, 0.15) is 235 Å². The van der Waals surface area contributed by atoms with Crippen molar-refractivity contribution >= 4 is 100 Å². The first-order chi connectivity index (χ1) is 63.8. The number of carbonyl (C=O) groups is 4. The summed E-state index contributed by atoms with van der Waals surface area (Å²) < 4.78 is 289. The summed E-state index contributed by atoms with van der Waals surface area (Å²) in [5.74, 6) is -3.93. The zero-order valence-corrected chi connectivity index (χ0v) is 82.1. The lowest BCUT2D eigenvalue weighted by Crippen LogP contribution is -2.25. The molecule has 1 unspecified atom stereocenters. The van der Waals surface area contributed by atoms with Crippen molar-refractivity contribution < 1.29 is 167 Å². The number of Topliss-reactive ketones (excluding diaryl/α,β-unsaturated/α-hetero) is 2. The highest BCUT2D eigenvalue weighted by molar-refractivity contribution is 7.87. The maximum Gasteiger partial charge on any atom is 0.264 e. The van der Waals surface area contributed by atoms with E-state index in [2.05, 4.69) is 31.3 Å². The monoisotopic (exact) mass is 2050 g/mol. The van der Waals surface area contributed by atoms with Crippen LogP contribution >= 0.6 is 0 Å². The van der Waals surface area contributed by atoms with Gasteiger partial charge in [-0.1, -0.05) is 58.6 Å². The van der Waals surface area contributed by atoms with Gasteiger partial charge in [0.15, 0.2) is 46.1 Å². The molecule has 0 radical (unpaired) electrons. The second-order valence-corrected chi connectivity index (χ2v) is 42.3. The molecule has 1 atom stereocenters. The molecule has 0 aliphatic carbocycles. The Hall–Kier alpha value is -9.26. The highest BCUT2D eigenvalue weighted by Crippen LogP contribution is 2.43. The lowest BCUT2D eigenvalue weighted by Gasteiger charge is -2.18. The number of rotatable bonds is 74. The second-order valence-electron chi connectivity index (χ2n) is 31.3. The van der Waals surface area contributed by atoms with Crippen LogP contribution in [0.2, 0.25) is 0 Å². The van der Waals surface area contributed by atoms with E-state index < -0.39 is 117 Å². The summed E-state index contributed by atoms with van der Waals surface area (Å²) in [4.78, 5) is 53.0. The zero-order valence-electron chi connectivity index (χ0n) is 76.4. The smallest absolute Gasteiger partial charge is 0.264 e. The summed E-state index contributed by atoms with van der Waals surface area (Å²) >= 11 is 0. The van der Waals surface area contributed by atoms with Gasteiger partial charge in [-0.15, -0.1) is 9.78 Å². The van der Waals surface area contributed by atoms with Crippen molar-refractivity contribution in [2.75, 3.05) is 133 Å². The van der Waals surface area contributed by atoms with Crippen LogP contribution in [0.4, 0.5) is 0 Å². The molecule has 51 heteroatoms. The molecule has 2 heterocycles. The number of benzene rings is 4. The van der Waals surface area contributed by atoms with Gasteiger partial charge in [-0.3, -0.25) is 55.7 Å². The number of nitrogens with zero attached hydrogens (tertiary/aromatic N) is 6. The van der Waals surface area contributed by atoms with Crippen LogP contribution in [0.5, 0.6) is 63.2 Å². The minimum atomic E-state index is -4.35. The number of carbonyl (C=O) groups excluding carboxylic acids is 4. The number of aryl methyl sites for hydroxylation is 2. The number of hydrogen-bond acceptors (Lipinski definition) is 33. The molecular weight excluding hydrogens is 1920 g/mol. The van der Waals surface area contributed by atoms with E-state index in [9.17, 15) is 101 Å². The van der Waals surface area contributed by atoms with Crippen molar-refractivity contribution in [3.63, 3.8) is 0 Å². The van der Waals surface area contributed by atoms with E-state index in [1.165, 1.54) is 36.4 Å². The van der Waals surface area contributed by atoms with Gasteiger partial charge in [0.25, 0.3) is 82.6 Å². The standard InChI is InChI=1S/C63H93N7O26S5.C21H35NO10S2/c1-3-5-21-55(71)48-39-53(89-27-11-8-19-51-46-69(67-65-51)24-10-7-22-56(72)49-41-57(91-26-6-4-2)61(95-32-17-37-100(83,84)85)58(42-49)92-29-14-34-97(74,75)76)45-54(40-48)90-28-12-9-20-52-47-70(68-66-52)25-13-23-64-63(73)50-43-59(93-30-15-35-98(77,78)79)62(96-33-18-38-101(86,87)88)60(44-50)94-31-16-36-99(80,81)82;1-3-5-9-22-21(23)17-15-18(30-11-7-13-33(24,25)26)20(32-10-6-4-2)19(16-17)31-12-8-14-34(27,28)29/h39-47,51H,3-38H2,1-2H3,(H5-,64,73,74,75,76,77,78,79,80,81,82,83,84,85,86,87,88);15-16H,3-14H2,1-2H3,(H,22,23)(H,24,25,26)(H,27,28,29)/p+1. The summed E-state index contributed by atoms with van der Waals surface area (Å²) in [6, 6.07) is 13.5. The average molecular weight is 2050 g/mol. The second kappa shape index (κ2) is 60.5. The molecule has 1 aliphatic heterocycles. The number of ether oxygens (including phenoxy) is 11. The van der Waals surface area contributed by atoms with Crippen LogP contribution < -0.4 is 62.7 Å². The summed E-state index contributed by atoms with van der Waals surface area (Å²) in [5, 5.41) is 22.8. The molecule has 44 nitrogen and oxygen atoms in total. The molecular formula is C84H129N8O36S7+. The quantitative estimate of drug-likeness (QED) is 0.00755. The van der Waals surface area contributed by atoms with E-state index in [4.69, 9.17) is 61.2 Å². The van der Waals surface area contributed by atoms with E-state index >= 15 is 0 Å². The highest BCUT2D eigenvalue weighted by Gasteiger charge is 2.27. The molecule has 2 amide bonds. The van der Waals surface area contributed by atoms with E-state index in [1.54, 1.807) is 33.8 Å². The van der Waals surface area contributed by atoms with Crippen molar-refractivity contribution in [2.45, 2.75) is 207 Å². The third-order valence-corrected chi connectivity index (χ3v) is 24.8. The Morgan fingerprint density at radius 3 is 1.06 bits per heavy atom. The fraction of sp³-hybridized carbons (Fsp3) is 0.631. The van der Waals surface area contributed by atoms with Gasteiger partial charge in [-0.25, -0.2) is 0 Å². The number of nitrogens with one attached hydrogen (secondary N) is 2. The van der Waals surface area contributed by atoms with E-state index in [-0.39, 0.29) is 203 Å². The van der Waals surface area contributed by atoms with Gasteiger partial charge >= 0.3 is 0 Å². The van der Waals surface area contributed by atoms with Crippen LogP contribution in [0.3, 0.4) is 0 Å². The Labute approximate surface area is 790 Å². The van der Waals surface area contributed by atoms with Gasteiger partial charge in [0.05, 0.1) is 119 Å². The maximum absolute atomic E-state index is 13.6. The number of unbranched alkanes of at least 4 members (excludes halogenated alkanes) is 7. The fourth-order valence-electron chi connectivity index (χ4n) is 12.4. The van der Waals surface area contributed by atoms with Gasteiger partial charge in [0.2, 0.25) is 23.3 Å². The zero-order chi connectivity index (χ0) is 99.5. The van der Waals surface area contributed by atoms with Crippen LogP contribution in [0.15, 0.2) is 71.1 Å². The summed E-state index contributed by atoms with van der Waals surface area (Å²) in [5.41, 5.74) is 1.67. The Morgan fingerprint density at radius 1 is 0.356 bits per heavy atom. The maximum atomic E-state index is 13.6. The molecule has 0 bridgehead atoms. The van der Waals surface area contributed by atoms with Crippen LogP contribution in [0, 0.1) is 0 Å². The van der Waals surface area contributed by atoms with Gasteiger partial charge in [0, 0.05) is 78.5 Å². The minimum Gasteiger partial charge on any atom is -0.493 e. The van der Waals surface area contributed by atoms with Crippen molar-refractivity contribution in [2.24, 2.45) is 10.3 Å². The summed E-state index contributed by atoms with van der Waals surface area (Å²) in [7, 11) is -29.9. The van der Waals surface area contributed by atoms with Crippen LogP contribution in [0.25, 0.3) is 0 Å². The highest BCUT2D eigenvalue weighted by atomic mass is 32.2. The number of ketones is 2. The first-order valence-corrected chi connectivity index (χ1v) is 55.9. The van der Waals surface area contributed by atoms with Gasteiger partial charge in [-0.05, 0) is 171 Å². The third kappa shape index (κ3) is 52.2. The lowest BCUT2D eigenvalue weighted by atomic mass is 10.0. The molecule has 0 fully saturated rings. The Balaban J connectivity index is 0.000000793. The van der Waals surface area contributed by atoms with E-state index in [0.29, 0.717) is 121 Å². The van der Waals surface area contributed by atoms with Crippen molar-refractivity contribution in [1.82, 2.24) is 25.6 Å². The van der Waals surface area contributed by atoms with Crippen molar-refractivity contribution in [3.05, 3.63) is 88.7 Å². The molecule has 762 valence electrons. The Morgan fingerprint density at radius 2 is 0.681 bits per heavy atom. The first kappa shape index (κ1) is 116. The molecule has 1 aromatic heterocycles. The molecule has 5 aromatic rings. The Kier molecular flexibility index (Phi) is 52.1. The predicted octanol–water partition coefficient (Wildman–Crippen LogP) is 10.5. The van der Waals surface area contributed by atoms with Crippen molar-refractivity contribution in [1.29, 1.82) is 0 Å². The summed E-state index contributed by atoms with van der Waals surface area (Å²) in [6.07, 6.45) is 15.5. The van der Waals surface area contributed by atoms with Gasteiger partial charge < -0.3 is 62.7 Å². The minimum absolute atomic E-state index is 0.00467. The number of amides is 2. The lowest BCUT2D eigenvalue weighted by molar-refractivity contribution is -0.532. The molecule has 0 saturated carbocycles. The van der Waals surface area contributed by atoms with Crippen LogP contribution in [-0.4, -0.2) is 279 Å². The molecule has 1 aliphatic rings. The Bertz CT molecular complexity index is 5350. The van der Waals surface area contributed by atoms with E-state index in [1.807, 2.05) is 33.9 Å². The molecule has 0 spiro atoms. The van der Waals surface area contributed by atoms with Gasteiger partial charge in [0.1, 0.15) is 29.5 Å². The molecule has 0 saturated heterocycles. The normalized spacial score (nSPS) is 13.0. The molecule has 135 heavy (non-hydrogen) atoms. The third-order valence-electron chi connectivity index (χ3n) is 19.2. The summed E-state index contributed by atoms with van der Waals surface area (Å²) in [6.45, 7) is 9.38. The van der Waals surface area contributed by atoms with Crippen molar-refractivity contribution in [3.8, 4) is 63.2 Å². The fourth-order valence-corrected chi connectivity index (χ4v) is 15.8. The van der Waals surface area contributed by atoms with E-state index in [0.717, 1.165) is 57.1 Å². The molecule has 4 aromatic carbocycles. The largest absolute Gasteiger partial charge is 0.493 e. The topological polar surface area (TPSA) is 633 Å². The van der Waals surface area contributed by atoms with Crippen LogP contribution in [-0.2, 0) is 83.8 Å². The molecule has 6 rings (SSSR count). The van der Waals surface area contributed by atoms with Gasteiger partial charge in [-0.2, -0.15) is 58.9 Å². The molecule has 9 N–H and O–H groups in total.